The molecule has 0 saturated carbocycles. The van der Waals surface area contributed by atoms with Crippen molar-refractivity contribution in [2.75, 3.05) is 7.11 Å². The van der Waals surface area contributed by atoms with Crippen LogP contribution in [0, 0.1) is 12.7 Å². The minimum Gasteiger partial charge on any atom is -0.496 e. The van der Waals surface area contributed by atoms with Gasteiger partial charge in [-0.15, -0.1) is 0 Å². The second kappa shape index (κ2) is 5.63. The molecule has 0 saturated heterocycles. The van der Waals surface area contributed by atoms with Crippen LogP contribution in [0.2, 0.25) is 0 Å². The van der Waals surface area contributed by atoms with Crippen molar-refractivity contribution in [1.29, 1.82) is 0 Å². The normalized spacial score (nSPS) is 12.2. The van der Waals surface area contributed by atoms with Gasteiger partial charge in [0.2, 0.25) is 0 Å². The van der Waals surface area contributed by atoms with Gasteiger partial charge in [-0.05, 0) is 31.0 Å². The average Bonchev–Trinajstić information content (AvgIpc) is 2.24. The number of aliphatic carboxylic acids is 1. The Kier molecular flexibility index (Phi) is 4.45. The third-order valence-electron chi connectivity index (χ3n) is 2.54. The molecule has 0 fully saturated rings. The number of carboxylic acids is 1. The summed E-state index contributed by atoms with van der Waals surface area (Å²) in [6.45, 7) is 1.72. The van der Waals surface area contributed by atoms with E-state index < -0.39 is 17.8 Å². The van der Waals surface area contributed by atoms with Crippen molar-refractivity contribution in [2.24, 2.45) is 5.73 Å². The molecule has 0 heterocycles. The van der Waals surface area contributed by atoms with Gasteiger partial charge < -0.3 is 15.6 Å². The maximum atomic E-state index is 13.3. The highest BCUT2D eigenvalue weighted by atomic mass is 19.1. The molecule has 1 aromatic carbocycles. The second-order valence-corrected chi connectivity index (χ2v) is 3.88. The van der Waals surface area contributed by atoms with Crippen LogP contribution in [-0.4, -0.2) is 18.2 Å². The number of carbonyl (C=O) groups is 1. The molecule has 0 aliphatic rings. The van der Waals surface area contributed by atoms with E-state index in [2.05, 4.69) is 0 Å². The van der Waals surface area contributed by atoms with Gasteiger partial charge in [0, 0.05) is 18.0 Å². The number of aryl methyl sites for hydroxylation is 1. The number of rotatable bonds is 5. The smallest absolute Gasteiger partial charge is 0.303 e. The lowest BCUT2D eigenvalue weighted by molar-refractivity contribution is -0.137. The average molecular weight is 241 g/mol. The summed E-state index contributed by atoms with van der Waals surface area (Å²) in [6, 6.07) is 2.10. The molecule has 0 amide bonds. The third-order valence-corrected chi connectivity index (χ3v) is 2.54. The predicted octanol–water partition coefficient (Wildman–Crippen LogP) is 2.01. The van der Waals surface area contributed by atoms with E-state index >= 15 is 0 Å². The first-order chi connectivity index (χ1) is 7.95. The maximum absolute atomic E-state index is 13.3. The number of ether oxygens (including phenoxy) is 1. The highest BCUT2D eigenvalue weighted by Crippen LogP contribution is 2.30. The van der Waals surface area contributed by atoms with Crippen LogP contribution in [0.1, 0.15) is 30.0 Å². The summed E-state index contributed by atoms with van der Waals surface area (Å²) < 4.78 is 18.4. The van der Waals surface area contributed by atoms with E-state index in [-0.39, 0.29) is 12.8 Å². The fourth-order valence-electron chi connectivity index (χ4n) is 1.74. The molecule has 0 aromatic heterocycles. The van der Waals surface area contributed by atoms with Crippen molar-refractivity contribution in [1.82, 2.24) is 0 Å². The Bertz CT molecular complexity index is 420. The first-order valence-electron chi connectivity index (χ1n) is 5.27. The fourth-order valence-corrected chi connectivity index (χ4v) is 1.74. The van der Waals surface area contributed by atoms with Gasteiger partial charge in [-0.25, -0.2) is 4.39 Å². The van der Waals surface area contributed by atoms with Crippen molar-refractivity contribution in [3.8, 4) is 5.75 Å². The lowest BCUT2D eigenvalue weighted by Crippen LogP contribution is -2.14. The number of carboxylic acid groups (broad SMARTS) is 1. The van der Waals surface area contributed by atoms with E-state index in [9.17, 15) is 9.18 Å². The van der Waals surface area contributed by atoms with Crippen LogP contribution in [0.25, 0.3) is 0 Å². The first-order valence-corrected chi connectivity index (χ1v) is 5.27. The predicted molar refractivity (Wildman–Crippen MR) is 61.5 cm³/mol. The summed E-state index contributed by atoms with van der Waals surface area (Å²) in [7, 11) is 1.48. The van der Waals surface area contributed by atoms with Crippen molar-refractivity contribution >= 4 is 5.97 Å². The number of methoxy groups -OCH3 is 1. The van der Waals surface area contributed by atoms with Crippen LogP contribution in [-0.2, 0) is 4.79 Å². The van der Waals surface area contributed by atoms with Crippen LogP contribution >= 0.6 is 0 Å². The van der Waals surface area contributed by atoms with E-state index in [4.69, 9.17) is 15.6 Å². The molecular formula is C12H16FNO3. The number of halogens is 1. The van der Waals surface area contributed by atoms with Crippen molar-refractivity contribution in [3.63, 3.8) is 0 Å². The van der Waals surface area contributed by atoms with Gasteiger partial charge >= 0.3 is 5.97 Å². The van der Waals surface area contributed by atoms with Crippen LogP contribution in [0.3, 0.4) is 0 Å². The maximum Gasteiger partial charge on any atom is 0.303 e. The summed E-state index contributed by atoms with van der Waals surface area (Å²) >= 11 is 0. The third kappa shape index (κ3) is 3.42. The molecule has 94 valence electrons. The highest BCUT2D eigenvalue weighted by molar-refractivity contribution is 5.66. The standard InChI is InChI=1S/C12H16FNO3/c1-7-5-8(13)6-9(12(7)17-2)10(14)3-4-11(15)16/h5-6,10H,3-4,14H2,1-2H3,(H,15,16). The number of hydrogen-bond donors (Lipinski definition) is 2. The van der Waals surface area contributed by atoms with E-state index in [1.807, 2.05) is 0 Å². The molecule has 1 aromatic rings. The largest absolute Gasteiger partial charge is 0.496 e. The van der Waals surface area contributed by atoms with E-state index in [1.54, 1.807) is 6.92 Å². The molecule has 1 rings (SSSR count). The Morgan fingerprint density at radius 1 is 1.59 bits per heavy atom. The summed E-state index contributed by atoms with van der Waals surface area (Å²) in [4.78, 5) is 10.5. The van der Waals surface area contributed by atoms with Gasteiger partial charge in [0.1, 0.15) is 11.6 Å². The van der Waals surface area contributed by atoms with Crippen LogP contribution in [0.15, 0.2) is 12.1 Å². The van der Waals surface area contributed by atoms with Crippen LogP contribution < -0.4 is 10.5 Å². The quantitative estimate of drug-likeness (QED) is 0.827. The highest BCUT2D eigenvalue weighted by Gasteiger charge is 2.16. The molecule has 1 unspecified atom stereocenters. The summed E-state index contributed by atoms with van der Waals surface area (Å²) in [5.41, 5.74) is 7.00. The zero-order valence-electron chi connectivity index (χ0n) is 9.87. The Morgan fingerprint density at radius 3 is 2.76 bits per heavy atom. The lowest BCUT2D eigenvalue weighted by atomic mass is 9.99. The lowest BCUT2D eigenvalue weighted by Gasteiger charge is -2.17. The second-order valence-electron chi connectivity index (χ2n) is 3.88. The van der Waals surface area contributed by atoms with Crippen LogP contribution in [0.5, 0.6) is 5.75 Å². The van der Waals surface area contributed by atoms with E-state index in [0.29, 0.717) is 16.9 Å². The van der Waals surface area contributed by atoms with Crippen molar-refractivity contribution < 1.29 is 19.0 Å². The molecule has 0 aliphatic heterocycles. The SMILES string of the molecule is COc1c(C)cc(F)cc1C(N)CCC(=O)O. The first kappa shape index (κ1) is 13.4. The summed E-state index contributed by atoms with van der Waals surface area (Å²) in [5.74, 6) is -0.805. The molecule has 5 heteroatoms. The molecule has 1 atom stereocenters. The Labute approximate surface area is 99.2 Å². The van der Waals surface area contributed by atoms with Gasteiger partial charge in [0.25, 0.3) is 0 Å². The topological polar surface area (TPSA) is 72.5 Å². The molecule has 3 N–H and O–H groups in total. The fraction of sp³-hybridized carbons (Fsp3) is 0.417. The minimum atomic E-state index is -0.924. The minimum absolute atomic E-state index is 0.0557. The van der Waals surface area contributed by atoms with Gasteiger partial charge in [-0.1, -0.05) is 0 Å². The zero-order chi connectivity index (χ0) is 13.0. The monoisotopic (exact) mass is 241 g/mol. The molecule has 0 radical (unpaired) electrons. The molecule has 17 heavy (non-hydrogen) atoms. The van der Waals surface area contributed by atoms with Crippen LogP contribution in [0.4, 0.5) is 4.39 Å². The van der Waals surface area contributed by atoms with E-state index in [1.165, 1.54) is 19.2 Å². The Hall–Kier alpha value is -1.62. The molecule has 0 spiro atoms. The van der Waals surface area contributed by atoms with E-state index in [0.717, 1.165) is 0 Å². The summed E-state index contributed by atoms with van der Waals surface area (Å²) in [6.07, 6.45) is 0.189. The molecule has 4 nitrogen and oxygen atoms in total. The van der Waals surface area contributed by atoms with Gasteiger partial charge in [0.05, 0.1) is 7.11 Å². The zero-order valence-corrected chi connectivity index (χ0v) is 9.87. The molecule has 0 aliphatic carbocycles. The molecular weight excluding hydrogens is 225 g/mol. The van der Waals surface area contributed by atoms with Crippen molar-refractivity contribution in [2.45, 2.75) is 25.8 Å². The Balaban J connectivity index is 2.98. The van der Waals surface area contributed by atoms with Crippen molar-refractivity contribution in [3.05, 3.63) is 29.1 Å². The number of benzene rings is 1. The van der Waals surface area contributed by atoms with Gasteiger partial charge in [-0.2, -0.15) is 0 Å². The van der Waals surface area contributed by atoms with Gasteiger partial charge in [-0.3, -0.25) is 4.79 Å². The number of hydrogen-bond acceptors (Lipinski definition) is 3. The molecule has 0 bridgehead atoms. The summed E-state index contributed by atoms with van der Waals surface area (Å²) in [5, 5.41) is 8.58. The van der Waals surface area contributed by atoms with Gasteiger partial charge in [0.15, 0.2) is 0 Å². The number of nitrogens with two attached hydrogens (primary N) is 1. The Morgan fingerprint density at radius 2 is 2.24 bits per heavy atom.